The SMILES string of the molecule is COc1ccc2c(O[C@@H]3C[C@H]4C(=O)C[C@]5(C(=O)NS(=O)(=O)C6(C)CC6)C[C@H]5/C=C\CCCCCNC(=O)N4C3)cc(-c3nc(C(C)C)cs3)nc2c1. The number of hydrogen-bond acceptors (Lipinski definition) is 10. The highest BCUT2D eigenvalue weighted by Crippen LogP contribution is 2.57. The summed E-state index contributed by atoms with van der Waals surface area (Å²) in [6.07, 6.45) is 8.26. The van der Waals surface area contributed by atoms with Crippen molar-refractivity contribution in [2.24, 2.45) is 11.3 Å². The zero-order valence-electron chi connectivity index (χ0n) is 30.1. The van der Waals surface area contributed by atoms with E-state index < -0.39 is 38.2 Å². The number of rotatable bonds is 8. The summed E-state index contributed by atoms with van der Waals surface area (Å²) >= 11 is 1.51. The zero-order chi connectivity index (χ0) is 36.8. The van der Waals surface area contributed by atoms with Crippen LogP contribution in [0, 0.1) is 11.3 Å². The second-order valence-electron chi connectivity index (χ2n) is 15.3. The summed E-state index contributed by atoms with van der Waals surface area (Å²) in [5.41, 5.74) is 1.08. The van der Waals surface area contributed by atoms with Crippen LogP contribution in [0.2, 0.25) is 0 Å². The summed E-state index contributed by atoms with van der Waals surface area (Å²) < 4.78 is 39.8. The summed E-state index contributed by atoms with van der Waals surface area (Å²) in [6.45, 7) is 6.44. The molecule has 0 spiro atoms. The van der Waals surface area contributed by atoms with Crippen LogP contribution in [0.1, 0.15) is 90.2 Å². The zero-order valence-corrected chi connectivity index (χ0v) is 31.8. The third-order valence-corrected chi connectivity index (χ3v) is 14.1. The van der Waals surface area contributed by atoms with Crippen molar-refractivity contribution in [3.05, 3.63) is 47.5 Å². The largest absolute Gasteiger partial charge is 0.497 e. The Hall–Kier alpha value is -4.04. The number of carbonyl (C=O) groups is 3. The predicted molar refractivity (Wildman–Crippen MR) is 199 cm³/mol. The van der Waals surface area contributed by atoms with Crippen molar-refractivity contribution in [2.45, 2.75) is 101 Å². The molecule has 2 aromatic heterocycles. The molecule has 4 aliphatic rings. The van der Waals surface area contributed by atoms with Gasteiger partial charge in [0.15, 0.2) is 5.78 Å². The number of amides is 3. The highest BCUT2D eigenvalue weighted by atomic mass is 32.2. The van der Waals surface area contributed by atoms with Crippen molar-refractivity contribution in [1.82, 2.24) is 24.9 Å². The van der Waals surface area contributed by atoms with Gasteiger partial charge in [0.2, 0.25) is 15.9 Å². The molecule has 0 unspecified atom stereocenters. The standard InChI is InChI=1S/C38H47N5O7S2/c1-23(2)30-22-51-34(41-30)29-18-33(27-12-11-25(49-4)16-28(27)40-29)50-26-17-31-32(44)20-38(35(45)42-52(47,48)37(3)13-14-37)19-24(38)10-8-6-5-7-9-15-39-36(46)43(31)21-26/h8,10-12,16,18,22-24,26,31H,5-7,9,13-15,17,19-21H2,1-4H3,(H,39,46)(H,42,45)/b10-8-/t24-,26-,31+,38-/m1/s1. The van der Waals surface area contributed by atoms with Crippen LogP contribution in [0.4, 0.5) is 4.79 Å². The molecule has 0 radical (unpaired) electrons. The van der Waals surface area contributed by atoms with Gasteiger partial charge in [0.1, 0.15) is 28.3 Å². The van der Waals surface area contributed by atoms with Crippen molar-refractivity contribution < 1.29 is 32.3 Å². The Kier molecular flexibility index (Phi) is 9.83. The first-order valence-electron chi connectivity index (χ1n) is 18.2. The second-order valence-corrected chi connectivity index (χ2v) is 18.3. The average Bonchev–Trinajstić information content (AvgIpc) is 3.88. The highest BCUT2D eigenvalue weighted by Gasteiger charge is 2.62. The van der Waals surface area contributed by atoms with Crippen LogP contribution in [0.25, 0.3) is 21.6 Å². The van der Waals surface area contributed by atoms with E-state index in [0.717, 1.165) is 41.8 Å². The number of allylic oxidation sites excluding steroid dienone is 2. The maximum Gasteiger partial charge on any atom is 0.318 e. The Morgan fingerprint density at radius 2 is 1.94 bits per heavy atom. The number of nitrogens with one attached hydrogen (secondary N) is 2. The first-order chi connectivity index (χ1) is 24.8. The molecule has 1 aromatic carbocycles. The molecule has 4 atom stereocenters. The quantitative estimate of drug-likeness (QED) is 0.259. The second kappa shape index (κ2) is 14.1. The minimum absolute atomic E-state index is 0.154. The highest BCUT2D eigenvalue weighted by molar-refractivity contribution is 7.91. The molecule has 4 heterocycles. The van der Waals surface area contributed by atoms with Gasteiger partial charge in [-0.1, -0.05) is 32.4 Å². The van der Waals surface area contributed by atoms with Gasteiger partial charge in [0.25, 0.3) is 0 Å². The maximum atomic E-state index is 14.3. The van der Waals surface area contributed by atoms with E-state index in [0.29, 0.717) is 48.5 Å². The summed E-state index contributed by atoms with van der Waals surface area (Å²) in [5.74, 6) is 0.262. The molecule has 2 aliphatic heterocycles. The summed E-state index contributed by atoms with van der Waals surface area (Å²) in [6, 6.07) is 6.20. The molecule has 2 saturated carbocycles. The van der Waals surface area contributed by atoms with Crippen molar-refractivity contribution in [3.63, 3.8) is 0 Å². The van der Waals surface area contributed by atoms with Crippen LogP contribution in [-0.4, -0.2) is 78.1 Å². The molecule has 3 aromatic rings. The minimum Gasteiger partial charge on any atom is -0.497 e. The molecule has 3 amide bonds. The van der Waals surface area contributed by atoms with Crippen LogP contribution < -0.4 is 19.5 Å². The number of methoxy groups -OCH3 is 1. The molecule has 12 nitrogen and oxygen atoms in total. The van der Waals surface area contributed by atoms with Gasteiger partial charge in [-0.05, 0) is 69.4 Å². The molecule has 3 fully saturated rings. The Morgan fingerprint density at radius 3 is 2.67 bits per heavy atom. The Balaban J connectivity index is 1.18. The van der Waals surface area contributed by atoms with Gasteiger partial charge in [-0.15, -0.1) is 11.3 Å². The van der Waals surface area contributed by atoms with E-state index >= 15 is 0 Å². The third kappa shape index (κ3) is 7.15. The van der Waals surface area contributed by atoms with E-state index in [9.17, 15) is 22.8 Å². The number of aromatic nitrogens is 2. The smallest absolute Gasteiger partial charge is 0.318 e. The average molecular weight is 750 g/mol. The fourth-order valence-corrected chi connectivity index (χ4v) is 9.52. The lowest BCUT2D eigenvalue weighted by Crippen LogP contribution is -2.48. The normalized spacial score (nSPS) is 26.8. The molecule has 2 aliphatic carbocycles. The van der Waals surface area contributed by atoms with Crippen LogP contribution in [0.3, 0.4) is 0 Å². The Morgan fingerprint density at radius 1 is 1.13 bits per heavy atom. The van der Waals surface area contributed by atoms with E-state index in [-0.39, 0.29) is 43.0 Å². The summed E-state index contributed by atoms with van der Waals surface area (Å²) in [7, 11) is -2.30. The fourth-order valence-electron chi connectivity index (χ4n) is 7.24. The number of pyridine rings is 1. The summed E-state index contributed by atoms with van der Waals surface area (Å²) in [5, 5.41) is 6.52. The van der Waals surface area contributed by atoms with Gasteiger partial charge < -0.3 is 19.7 Å². The van der Waals surface area contributed by atoms with Crippen molar-refractivity contribution in [1.29, 1.82) is 0 Å². The minimum atomic E-state index is -3.90. The molecular formula is C38H47N5O7S2. The maximum absolute atomic E-state index is 14.3. The van der Waals surface area contributed by atoms with Gasteiger partial charge in [0.05, 0.1) is 41.1 Å². The number of ketones is 1. The molecular weight excluding hydrogens is 703 g/mol. The van der Waals surface area contributed by atoms with Gasteiger partial charge in [0, 0.05) is 42.3 Å². The lowest BCUT2D eigenvalue weighted by molar-refractivity contribution is -0.131. The van der Waals surface area contributed by atoms with Gasteiger partial charge in [-0.3, -0.25) is 14.3 Å². The fraction of sp³-hybridized carbons (Fsp3) is 0.553. The molecule has 52 heavy (non-hydrogen) atoms. The predicted octanol–water partition coefficient (Wildman–Crippen LogP) is 6.12. The number of Topliss-reactive ketones (excluding diaryl/α,β-unsaturated/α-hetero) is 1. The van der Waals surface area contributed by atoms with Crippen molar-refractivity contribution in [2.75, 3.05) is 20.2 Å². The number of sulfonamides is 1. The van der Waals surface area contributed by atoms with Gasteiger partial charge in [-0.25, -0.2) is 23.2 Å². The number of benzene rings is 1. The lowest BCUT2D eigenvalue weighted by atomic mass is 9.91. The number of ether oxygens (including phenoxy) is 2. The number of nitrogens with zero attached hydrogens (tertiary/aromatic N) is 3. The first kappa shape index (κ1) is 36.3. The number of hydrogen-bond donors (Lipinski definition) is 2. The molecule has 278 valence electrons. The van der Waals surface area contributed by atoms with E-state index in [1.165, 1.54) is 16.2 Å². The Bertz CT molecular complexity index is 2020. The number of carbonyl (C=O) groups excluding carboxylic acids is 3. The molecule has 14 heteroatoms. The molecule has 0 bridgehead atoms. The molecule has 1 saturated heterocycles. The Labute approximate surface area is 308 Å². The number of thiazole rings is 1. The molecule has 7 rings (SSSR count). The van der Waals surface area contributed by atoms with Crippen LogP contribution in [-0.2, 0) is 19.6 Å². The van der Waals surface area contributed by atoms with E-state index in [1.807, 2.05) is 41.8 Å². The van der Waals surface area contributed by atoms with Crippen molar-refractivity contribution >= 4 is 50.0 Å². The van der Waals surface area contributed by atoms with E-state index in [2.05, 4.69) is 23.9 Å². The van der Waals surface area contributed by atoms with Crippen LogP contribution in [0.15, 0.2) is 41.8 Å². The molecule has 2 N–H and O–H groups in total. The van der Waals surface area contributed by atoms with E-state index in [4.69, 9.17) is 19.4 Å². The van der Waals surface area contributed by atoms with Crippen LogP contribution >= 0.6 is 11.3 Å². The van der Waals surface area contributed by atoms with E-state index in [1.54, 1.807) is 14.0 Å². The van der Waals surface area contributed by atoms with Gasteiger partial charge >= 0.3 is 6.03 Å². The number of urea groups is 1. The van der Waals surface area contributed by atoms with Crippen LogP contribution in [0.5, 0.6) is 11.5 Å². The number of fused-ring (bicyclic) bond motifs is 3. The third-order valence-electron chi connectivity index (χ3n) is 11.1. The lowest BCUT2D eigenvalue weighted by Gasteiger charge is -2.25. The monoisotopic (exact) mass is 749 g/mol. The topological polar surface area (TPSA) is 157 Å². The van der Waals surface area contributed by atoms with Gasteiger partial charge in [-0.2, -0.15) is 0 Å². The first-order valence-corrected chi connectivity index (χ1v) is 20.6. The summed E-state index contributed by atoms with van der Waals surface area (Å²) in [4.78, 5) is 53.0. The van der Waals surface area contributed by atoms with Crippen molar-refractivity contribution in [3.8, 4) is 22.2 Å².